The number of pyridine rings is 1. The van der Waals surface area contributed by atoms with E-state index in [9.17, 15) is 4.79 Å². The zero-order chi connectivity index (χ0) is 13.7. The lowest BCUT2D eigenvalue weighted by Crippen LogP contribution is -2.41. The SMILES string of the molecule is CN(Cc1ccncc1)C(=O)C1CCCCCC1N. The third kappa shape index (κ3) is 3.77. The van der Waals surface area contributed by atoms with Crippen LogP contribution in [0.25, 0.3) is 0 Å². The van der Waals surface area contributed by atoms with Crippen LogP contribution >= 0.6 is 0 Å². The maximum atomic E-state index is 12.5. The largest absolute Gasteiger partial charge is 0.341 e. The van der Waals surface area contributed by atoms with Gasteiger partial charge in [0, 0.05) is 32.0 Å². The average Bonchev–Trinajstić information content (AvgIpc) is 2.63. The molecule has 1 saturated carbocycles. The van der Waals surface area contributed by atoms with Gasteiger partial charge in [0.25, 0.3) is 0 Å². The maximum Gasteiger partial charge on any atom is 0.227 e. The fraction of sp³-hybridized carbons (Fsp3) is 0.600. The first kappa shape index (κ1) is 14.0. The van der Waals surface area contributed by atoms with Crippen molar-refractivity contribution in [1.29, 1.82) is 0 Å². The molecule has 0 spiro atoms. The molecule has 0 aliphatic heterocycles. The summed E-state index contributed by atoms with van der Waals surface area (Å²) in [6.07, 6.45) is 8.88. The Labute approximate surface area is 115 Å². The molecule has 1 aromatic heterocycles. The molecule has 1 aliphatic carbocycles. The summed E-state index contributed by atoms with van der Waals surface area (Å²) in [6, 6.07) is 3.91. The van der Waals surface area contributed by atoms with E-state index in [-0.39, 0.29) is 17.9 Å². The van der Waals surface area contributed by atoms with Crippen LogP contribution in [0.2, 0.25) is 0 Å². The van der Waals surface area contributed by atoms with Crippen molar-refractivity contribution >= 4 is 5.91 Å². The van der Waals surface area contributed by atoms with Crippen LogP contribution in [-0.4, -0.2) is 28.9 Å². The van der Waals surface area contributed by atoms with E-state index in [1.54, 1.807) is 17.3 Å². The van der Waals surface area contributed by atoms with Crippen LogP contribution in [0, 0.1) is 5.92 Å². The Kier molecular flexibility index (Phi) is 4.91. The summed E-state index contributed by atoms with van der Waals surface area (Å²) >= 11 is 0. The Morgan fingerprint density at radius 3 is 2.74 bits per heavy atom. The van der Waals surface area contributed by atoms with E-state index in [0.717, 1.165) is 31.2 Å². The summed E-state index contributed by atoms with van der Waals surface area (Å²) in [5.41, 5.74) is 7.26. The molecule has 4 nitrogen and oxygen atoms in total. The molecule has 0 radical (unpaired) electrons. The van der Waals surface area contributed by atoms with Crippen molar-refractivity contribution in [3.05, 3.63) is 30.1 Å². The van der Waals surface area contributed by atoms with Gasteiger partial charge in [-0.1, -0.05) is 19.3 Å². The molecule has 1 heterocycles. The highest BCUT2D eigenvalue weighted by atomic mass is 16.2. The lowest BCUT2D eigenvalue weighted by molar-refractivity contribution is -0.135. The van der Waals surface area contributed by atoms with E-state index in [0.29, 0.717) is 6.54 Å². The van der Waals surface area contributed by atoms with Gasteiger partial charge in [-0.15, -0.1) is 0 Å². The number of nitrogens with two attached hydrogens (primary N) is 1. The van der Waals surface area contributed by atoms with Gasteiger partial charge in [-0.25, -0.2) is 0 Å². The van der Waals surface area contributed by atoms with Gasteiger partial charge >= 0.3 is 0 Å². The minimum atomic E-state index is -0.00524. The third-order valence-electron chi connectivity index (χ3n) is 3.93. The van der Waals surface area contributed by atoms with Gasteiger partial charge in [0.05, 0.1) is 5.92 Å². The van der Waals surface area contributed by atoms with Crippen LogP contribution in [0.3, 0.4) is 0 Å². The highest BCUT2D eigenvalue weighted by Crippen LogP contribution is 2.24. The molecular formula is C15H23N3O. The number of amides is 1. The Bertz CT molecular complexity index is 407. The second kappa shape index (κ2) is 6.66. The molecule has 2 rings (SSSR count). The van der Waals surface area contributed by atoms with Crippen molar-refractivity contribution in [3.8, 4) is 0 Å². The van der Waals surface area contributed by atoms with E-state index in [4.69, 9.17) is 5.73 Å². The van der Waals surface area contributed by atoms with E-state index in [2.05, 4.69) is 4.98 Å². The summed E-state index contributed by atoms with van der Waals surface area (Å²) in [5.74, 6) is 0.181. The minimum Gasteiger partial charge on any atom is -0.341 e. The Morgan fingerprint density at radius 1 is 1.32 bits per heavy atom. The van der Waals surface area contributed by atoms with Crippen LogP contribution in [0.5, 0.6) is 0 Å². The average molecular weight is 261 g/mol. The number of hydrogen-bond acceptors (Lipinski definition) is 3. The van der Waals surface area contributed by atoms with Gasteiger partial charge in [-0.05, 0) is 30.5 Å². The van der Waals surface area contributed by atoms with Crippen LogP contribution in [0.15, 0.2) is 24.5 Å². The summed E-state index contributed by atoms with van der Waals surface area (Å²) in [4.78, 5) is 18.3. The standard InChI is InChI=1S/C15H23N3O/c1-18(11-12-7-9-17-10-8-12)15(19)13-5-3-2-4-6-14(13)16/h7-10,13-14H,2-6,11,16H2,1H3. The highest BCUT2D eigenvalue weighted by molar-refractivity contribution is 5.79. The molecule has 1 aliphatic rings. The van der Waals surface area contributed by atoms with Crippen LogP contribution in [-0.2, 0) is 11.3 Å². The van der Waals surface area contributed by atoms with Crippen LogP contribution < -0.4 is 5.73 Å². The van der Waals surface area contributed by atoms with Crippen molar-refractivity contribution in [3.63, 3.8) is 0 Å². The first-order valence-electron chi connectivity index (χ1n) is 7.08. The van der Waals surface area contributed by atoms with Crippen molar-refractivity contribution in [2.75, 3.05) is 7.05 Å². The molecule has 0 aromatic carbocycles. The summed E-state index contributed by atoms with van der Waals surface area (Å²) in [5, 5.41) is 0. The number of aromatic nitrogens is 1. The number of rotatable bonds is 3. The monoisotopic (exact) mass is 261 g/mol. The van der Waals surface area contributed by atoms with Gasteiger partial charge in [-0.2, -0.15) is 0 Å². The summed E-state index contributed by atoms with van der Waals surface area (Å²) in [7, 11) is 1.86. The molecule has 2 N–H and O–H groups in total. The van der Waals surface area contributed by atoms with Gasteiger partial charge in [0.2, 0.25) is 5.91 Å². The molecule has 2 atom stereocenters. The lowest BCUT2D eigenvalue weighted by atomic mass is 9.94. The highest BCUT2D eigenvalue weighted by Gasteiger charge is 2.29. The second-order valence-electron chi connectivity index (χ2n) is 5.46. The number of hydrogen-bond donors (Lipinski definition) is 1. The molecule has 19 heavy (non-hydrogen) atoms. The van der Waals surface area contributed by atoms with Gasteiger partial charge in [-0.3, -0.25) is 9.78 Å². The van der Waals surface area contributed by atoms with E-state index >= 15 is 0 Å². The van der Waals surface area contributed by atoms with E-state index in [1.165, 1.54) is 6.42 Å². The predicted molar refractivity (Wildman–Crippen MR) is 75.3 cm³/mol. The zero-order valence-electron chi connectivity index (χ0n) is 11.6. The molecule has 2 unspecified atom stereocenters. The molecule has 0 saturated heterocycles. The zero-order valence-corrected chi connectivity index (χ0v) is 11.6. The quantitative estimate of drug-likeness (QED) is 0.846. The Morgan fingerprint density at radius 2 is 2.00 bits per heavy atom. The molecule has 1 fully saturated rings. The minimum absolute atomic E-state index is 0.00524. The van der Waals surface area contributed by atoms with Crippen molar-refractivity contribution in [1.82, 2.24) is 9.88 Å². The Balaban J connectivity index is 1.97. The van der Waals surface area contributed by atoms with E-state index in [1.807, 2.05) is 19.2 Å². The lowest BCUT2D eigenvalue weighted by Gasteiger charge is -2.26. The molecule has 104 valence electrons. The molecule has 4 heteroatoms. The van der Waals surface area contributed by atoms with Crippen molar-refractivity contribution in [2.24, 2.45) is 11.7 Å². The first-order chi connectivity index (χ1) is 9.18. The summed E-state index contributed by atoms with van der Waals surface area (Å²) in [6.45, 7) is 0.630. The number of carbonyl (C=O) groups excluding carboxylic acids is 1. The van der Waals surface area contributed by atoms with Crippen LogP contribution in [0.1, 0.15) is 37.7 Å². The molecule has 1 amide bonds. The van der Waals surface area contributed by atoms with Crippen molar-refractivity contribution in [2.45, 2.75) is 44.7 Å². The molecular weight excluding hydrogens is 238 g/mol. The predicted octanol–water partition coefficient (Wildman–Crippen LogP) is 1.95. The normalized spacial score (nSPS) is 23.7. The van der Waals surface area contributed by atoms with Gasteiger partial charge in [0.15, 0.2) is 0 Å². The molecule has 0 bridgehead atoms. The molecule has 1 aromatic rings. The van der Waals surface area contributed by atoms with Crippen LogP contribution in [0.4, 0.5) is 0 Å². The summed E-state index contributed by atoms with van der Waals surface area (Å²) < 4.78 is 0. The van der Waals surface area contributed by atoms with E-state index < -0.39 is 0 Å². The fourth-order valence-corrected chi connectivity index (χ4v) is 2.77. The number of nitrogens with zero attached hydrogens (tertiary/aromatic N) is 2. The number of carbonyl (C=O) groups is 1. The topological polar surface area (TPSA) is 59.2 Å². The van der Waals surface area contributed by atoms with Gasteiger partial charge < -0.3 is 10.6 Å². The van der Waals surface area contributed by atoms with Gasteiger partial charge in [0.1, 0.15) is 0 Å². The first-order valence-corrected chi connectivity index (χ1v) is 7.08. The second-order valence-corrected chi connectivity index (χ2v) is 5.46. The smallest absolute Gasteiger partial charge is 0.227 e. The maximum absolute atomic E-state index is 12.5. The Hall–Kier alpha value is -1.42. The fourth-order valence-electron chi connectivity index (χ4n) is 2.77. The third-order valence-corrected chi connectivity index (χ3v) is 3.93. The van der Waals surface area contributed by atoms with Crippen molar-refractivity contribution < 1.29 is 4.79 Å².